The Hall–Kier alpha value is -2.15. The number of hydrogen-bond donors (Lipinski definition) is 2. The number of amides is 2. The number of benzene rings is 1. The molecule has 0 saturated heterocycles. The highest BCUT2D eigenvalue weighted by atomic mass is 16.5. The van der Waals surface area contributed by atoms with E-state index in [1.165, 1.54) is 0 Å². The fourth-order valence-electron chi connectivity index (χ4n) is 1.29. The van der Waals surface area contributed by atoms with Crippen LogP contribution in [0.4, 0.5) is 10.5 Å². The van der Waals surface area contributed by atoms with Gasteiger partial charge in [0, 0.05) is 18.2 Å². The number of rotatable bonds is 4. The monoisotopic (exact) mass is 232 g/mol. The van der Waals surface area contributed by atoms with Crippen molar-refractivity contribution >= 4 is 11.7 Å². The minimum atomic E-state index is -0.266. The lowest BCUT2D eigenvalue weighted by atomic mass is 10.2. The maximum absolute atomic E-state index is 11.5. The van der Waals surface area contributed by atoms with Crippen molar-refractivity contribution in [3.05, 3.63) is 24.3 Å². The summed E-state index contributed by atoms with van der Waals surface area (Å²) in [5, 5.41) is 5.44. The van der Waals surface area contributed by atoms with Gasteiger partial charge in [0.2, 0.25) is 0 Å². The molecule has 4 nitrogen and oxygen atoms in total. The van der Waals surface area contributed by atoms with Gasteiger partial charge in [0.15, 0.2) is 0 Å². The first-order valence-corrected chi connectivity index (χ1v) is 5.30. The van der Waals surface area contributed by atoms with Crippen LogP contribution in [0.5, 0.6) is 5.75 Å². The summed E-state index contributed by atoms with van der Waals surface area (Å²) >= 11 is 0. The van der Waals surface area contributed by atoms with Crippen LogP contribution < -0.4 is 15.4 Å². The van der Waals surface area contributed by atoms with E-state index in [-0.39, 0.29) is 12.1 Å². The molecule has 0 bridgehead atoms. The third kappa shape index (κ3) is 4.47. The average Bonchev–Trinajstić information content (AvgIpc) is 2.30. The summed E-state index contributed by atoms with van der Waals surface area (Å²) in [6.45, 7) is 1.85. The van der Waals surface area contributed by atoms with Gasteiger partial charge in [0.05, 0.1) is 7.11 Å². The first kappa shape index (κ1) is 12.9. The van der Waals surface area contributed by atoms with Crippen molar-refractivity contribution < 1.29 is 9.53 Å². The molecule has 90 valence electrons. The molecule has 0 radical (unpaired) electrons. The van der Waals surface area contributed by atoms with Crippen LogP contribution in [-0.4, -0.2) is 19.2 Å². The van der Waals surface area contributed by atoms with Gasteiger partial charge in [0.1, 0.15) is 5.75 Å². The summed E-state index contributed by atoms with van der Waals surface area (Å²) in [5.74, 6) is 3.24. The normalized spacial score (nSPS) is 11.1. The molecule has 17 heavy (non-hydrogen) atoms. The minimum Gasteiger partial charge on any atom is -0.497 e. The van der Waals surface area contributed by atoms with Gasteiger partial charge in [-0.2, -0.15) is 0 Å². The maximum atomic E-state index is 11.5. The highest BCUT2D eigenvalue weighted by Gasteiger charge is 2.05. The molecule has 0 aliphatic carbocycles. The topological polar surface area (TPSA) is 50.4 Å². The number of ether oxygens (including phenoxy) is 1. The minimum absolute atomic E-state index is 0.0433. The van der Waals surface area contributed by atoms with E-state index in [0.717, 1.165) is 5.75 Å². The van der Waals surface area contributed by atoms with E-state index in [9.17, 15) is 4.79 Å². The van der Waals surface area contributed by atoms with Gasteiger partial charge in [-0.15, -0.1) is 12.3 Å². The van der Waals surface area contributed by atoms with Crippen LogP contribution in [0.15, 0.2) is 24.3 Å². The Balaban J connectivity index is 2.48. The van der Waals surface area contributed by atoms with E-state index in [1.54, 1.807) is 31.4 Å². The van der Waals surface area contributed by atoms with Gasteiger partial charge >= 0.3 is 6.03 Å². The molecule has 1 aromatic carbocycles. The number of nitrogens with one attached hydrogen (secondary N) is 2. The average molecular weight is 232 g/mol. The maximum Gasteiger partial charge on any atom is 0.319 e. The van der Waals surface area contributed by atoms with Crippen molar-refractivity contribution in [3.63, 3.8) is 0 Å². The second-order valence-electron chi connectivity index (χ2n) is 3.64. The fraction of sp³-hybridized carbons (Fsp3) is 0.308. The van der Waals surface area contributed by atoms with E-state index < -0.39 is 0 Å². The molecular formula is C13H16N2O2. The molecular weight excluding hydrogens is 216 g/mol. The van der Waals surface area contributed by atoms with E-state index in [4.69, 9.17) is 11.2 Å². The Morgan fingerprint density at radius 1 is 1.47 bits per heavy atom. The second-order valence-corrected chi connectivity index (χ2v) is 3.64. The van der Waals surface area contributed by atoms with Gasteiger partial charge < -0.3 is 15.4 Å². The smallest absolute Gasteiger partial charge is 0.319 e. The molecule has 1 aromatic rings. The van der Waals surface area contributed by atoms with Crippen LogP contribution in [0.25, 0.3) is 0 Å². The van der Waals surface area contributed by atoms with Crippen molar-refractivity contribution in [2.75, 3.05) is 12.4 Å². The number of carbonyl (C=O) groups is 1. The summed E-state index contributed by atoms with van der Waals surface area (Å²) in [6.07, 6.45) is 5.66. The van der Waals surface area contributed by atoms with Crippen LogP contribution in [0.2, 0.25) is 0 Å². The van der Waals surface area contributed by atoms with Gasteiger partial charge in [-0.3, -0.25) is 0 Å². The first-order chi connectivity index (χ1) is 8.15. The molecule has 2 amide bonds. The lowest BCUT2D eigenvalue weighted by Crippen LogP contribution is -2.35. The molecule has 4 heteroatoms. The Bertz CT molecular complexity index is 406. The number of carbonyl (C=O) groups excluding carboxylic acids is 1. The standard InChI is InChI=1S/C13H16N2O2/c1-4-5-10(2)14-13(16)15-11-6-8-12(17-3)9-7-11/h1,6-10H,5H2,2-3H3,(H2,14,15,16). The number of hydrogen-bond acceptors (Lipinski definition) is 2. The molecule has 0 heterocycles. The van der Waals surface area contributed by atoms with Crippen LogP contribution in [0, 0.1) is 12.3 Å². The van der Waals surface area contributed by atoms with Gasteiger partial charge in [-0.25, -0.2) is 4.79 Å². The lowest BCUT2D eigenvalue weighted by Gasteiger charge is -2.12. The van der Waals surface area contributed by atoms with E-state index in [0.29, 0.717) is 12.1 Å². The second kappa shape index (κ2) is 6.44. The molecule has 0 aliphatic rings. The zero-order valence-electron chi connectivity index (χ0n) is 9.99. The van der Waals surface area contributed by atoms with E-state index >= 15 is 0 Å². The van der Waals surface area contributed by atoms with Crippen molar-refractivity contribution in [1.29, 1.82) is 0 Å². The molecule has 0 saturated carbocycles. The van der Waals surface area contributed by atoms with Gasteiger partial charge in [-0.05, 0) is 31.2 Å². The summed E-state index contributed by atoms with van der Waals surface area (Å²) in [7, 11) is 1.59. The molecule has 0 aromatic heterocycles. The Morgan fingerprint density at radius 2 is 2.12 bits per heavy atom. The number of urea groups is 1. The summed E-state index contributed by atoms with van der Waals surface area (Å²) in [5.41, 5.74) is 0.705. The lowest BCUT2D eigenvalue weighted by molar-refractivity contribution is 0.249. The Morgan fingerprint density at radius 3 is 2.65 bits per heavy atom. The van der Waals surface area contributed by atoms with Crippen molar-refractivity contribution in [2.45, 2.75) is 19.4 Å². The van der Waals surface area contributed by atoms with Crippen LogP contribution in [0.1, 0.15) is 13.3 Å². The van der Waals surface area contributed by atoms with Gasteiger partial charge in [0.25, 0.3) is 0 Å². The third-order valence-corrected chi connectivity index (χ3v) is 2.15. The van der Waals surface area contributed by atoms with Crippen molar-refractivity contribution in [1.82, 2.24) is 5.32 Å². The summed E-state index contributed by atoms with van der Waals surface area (Å²) in [4.78, 5) is 11.5. The molecule has 1 unspecified atom stereocenters. The number of anilines is 1. The highest BCUT2D eigenvalue weighted by Crippen LogP contribution is 2.14. The predicted molar refractivity (Wildman–Crippen MR) is 68.1 cm³/mol. The SMILES string of the molecule is C#CCC(C)NC(=O)Nc1ccc(OC)cc1. The highest BCUT2D eigenvalue weighted by molar-refractivity contribution is 5.89. The summed E-state index contributed by atoms with van der Waals surface area (Å²) in [6, 6.07) is 6.78. The van der Waals surface area contributed by atoms with Crippen molar-refractivity contribution in [3.8, 4) is 18.1 Å². The largest absolute Gasteiger partial charge is 0.497 e. The predicted octanol–water partition coefficient (Wildman–Crippen LogP) is 2.23. The Kier molecular flexibility index (Phi) is 4.89. The van der Waals surface area contributed by atoms with E-state index in [1.807, 2.05) is 6.92 Å². The van der Waals surface area contributed by atoms with Crippen LogP contribution >= 0.6 is 0 Å². The zero-order chi connectivity index (χ0) is 12.7. The fourth-order valence-corrected chi connectivity index (χ4v) is 1.29. The van der Waals surface area contributed by atoms with E-state index in [2.05, 4.69) is 16.6 Å². The number of methoxy groups -OCH3 is 1. The van der Waals surface area contributed by atoms with Crippen LogP contribution in [-0.2, 0) is 0 Å². The molecule has 1 rings (SSSR count). The first-order valence-electron chi connectivity index (χ1n) is 5.30. The molecule has 0 spiro atoms. The van der Waals surface area contributed by atoms with Crippen molar-refractivity contribution in [2.24, 2.45) is 0 Å². The zero-order valence-corrected chi connectivity index (χ0v) is 9.99. The summed E-state index contributed by atoms with van der Waals surface area (Å²) < 4.78 is 5.02. The van der Waals surface area contributed by atoms with Gasteiger partial charge in [-0.1, -0.05) is 0 Å². The number of terminal acetylenes is 1. The molecule has 2 N–H and O–H groups in total. The quantitative estimate of drug-likeness (QED) is 0.782. The Labute approximate surface area is 101 Å². The molecule has 0 aliphatic heterocycles. The third-order valence-electron chi connectivity index (χ3n) is 2.15. The molecule has 0 fully saturated rings. The molecule has 1 atom stereocenters. The van der Waals surface area contributed by atoms with Crippen LogP contribution in [0.3, 0.4) is 0 Å².